The molecule has 0 bridgehead atoms. The second kappa shape index (κ2) is 15.3. The predicted octanol–water partition coefficient (Wildman–Crippen LogP) is -7.14. The maximum Gasteiger partial charge on any atom is 0.217 e. The number of ether oxygens (including phenoxy) is 5. The molecule has 0 saturated carbocycles. The van der Waals surface area contributed by atoms with Gasteiger partial charge in [-0.15, -0.1) is 0 Å². The van der Waals surface area contributed by atoms with E-state index in [2.05, 4.69) is 16.0 Å². The van der Waals surface area contributed by atoms with Crippen molar-refractivity contribution in [3.05, 3.63) is 0 Å². The third-order valence-electron chi connectivity index (χ3n) is 7.30. The van der Waals surface area contributed by atoms with E-state index in [1.807, 2.05) is 0 Å². The molecule has 43 heavy (non-hydrogen) atoms. The number of aliphatic hydroxyl groups excluding tert-OH is 8. The van der Waals surface area contributed by atoms with Crippen LogP contribution in [0.4, 0.5) is 0 Å². The summed E-state index contributed by atoms with van der Waals surface area (Å²) in [6, 6.07) is -4.31. The zero-order chi connectivity index (χ0) is 32.2. The lowest BCUT2D eigenvalue weighted by atomic mass is 9.93. The van der Waals surface area contributed by atoms with Gasteiger partial charge in [0.05, 0.1) is 19.8 Å². The first-order chi connectivity index (χ1) is 20.2. The standard InChI is InChI=1S/C24H41N3O16/c1-7(31)25-13-18(36)20(11(5-29)39-22(13)38)42-24-15(27-9(3)33)19(37)21(12(6-30)41-24)43-23-14(26-8(2)32)17(35)16(34)10(4-28)40-23/h10-24,28-30,34-38H,4-6H2,1-3H3,(H,25,31)(H,26,32)(H,27,33)/t10-,11-,12-,13-,14-,15-,16-,17-,18-,19-,20-,21-,22+,23+,24+/m1/s1. The van der Waals surface area contributed by atoms with Gasteiger partial charge in [0.25, 0.3) is 0 Å². The van der Waals surface area contributed by atoms with Gasteiger partial charge in [0.2, 0.25) is 17.7 Å². The molecule has 3 aliphatic heterocycles. The molecule has 19 heteroatoms. The van der Waals surface area contributed by atoms with E-state index in [9.17, 15) is 55.2 Å². The summed E-state index contributed by atoms with van der Waals surface area (Å²) in [6.45, 7) is 0.995. The molecule has 0 aromatic rings. The molecule has 19 nitrogen and oxygen atoms in total. The molecular formula is C24H41N3O16. The Morgan fingerprint density at radius 1 is 0.558 bits per heavy atom. The molecule has 3 aliphatic rings. The fourth-order valence-corrected chi connectivity index (χ4v) is 5.28. The van der Waals surface area contributed by atoms with Gasteiger partial charge in [-0.1, -0.05) is 0 Å². The summed E-state index contributed by atoms with van der Waals surface area (Å²) < 4.78 is 28.3. The van der Waals surface area contributed by atoms with Gasteiger partial charge in [0.15, 0.2) is 18.9 Å². The monoisotopic (exact) mass is 627 g/mol. The van der Waals surface area contributed by atoms with Crippen LogP contribution in [-0.4, -0.2) is 170 Å². The fraction of sp³-hybridized carbons (Fsp3) is 0.875. The van der Waals surface area contributed by atoms with Crippen molar-refractivity contribution in [3.8, 4) is 0 Å². The van der Waals surface area contributed by atoms with Gasteiger partial charge in [-0.05, 0) is 0 Å². The van der Waals surface area contributed by atoms with E-state index >= 15 is 0 Å². The summed E-state index contributed by atoms with van der Waals surface area (Å²) in [5.74, 6) is -1.96. The van der Waals surface area contributed by atoms with Crippen LogP contribution in [-0.2, 0) is 38.1 Å². The van der Waals surface area contributed by atoms with Gasteiger partial charge in [0.1, 0.15) is 73.1 Å². The molecule has 0 spiro atoms. The Hall–Kier alpha value is -2.11. The second-order valence-electron chi connectivity index (χ2n) is 10.5. The molecule has 0 aromatic heterocycles. The van der Waals surface area contributed by atoms with E-state index < -0.39 is 129 Å². The Kier molecular flexibility index (Phi) is 12.5. The SMILES string of the molecule is CC(=O)N[C@@H]1[C@@H](O)[C@H](O[C@@H]2O[C@H](CO)[C@@H](O[C@@H]3O[C@H](CO)[C@@H](O)[C@H](O)[C@H]3NC(C)=O)[C@H](O)[C@H]2NC(C)=O)[C@@H](CO)O[C@@H]1O. The van der Waals surface area contributed by atoms with Gasteiger partial charge in [0, 0.05) is 20.8 Å². The van der Waals surface area contributed by atoms with Crippen LogP contribution in [0.25, 0.3) is 0 Å². The average Bonchev–Trinajstić information content (AvgIpc) is 2.94. The Bertz CT molecular complexity index is 962. The van der Waals surface area contributed by atoms with Crippen molar-refractivity contribution >= 4 is 17.7 Å². The maximum absolute atomic E-state index is 12.1. The summed E-state index contributed by atoms with van der Waals surface area (Å²) in [6.07, 6.45) is -19.0. The first-order valence-electron chi connectivity index (χ1n) is 13.5. The molecule has 0 aliphatic carbocycles. The topological polar surface area (TPSA) is 295 Å². The second-order valence-corrected chi connectivity index (χ2v) is 10.5. The average molecular weight is 628 g/mol. The minimum absolute atomic E-state index is 0.628. The quantitative estimate of drug-likeness (QED) is 0.107. The first-order valence-corrected chi connectivity index (χ1v) is 13.5. The van der Waals surface area contributed by atoms with Gasteiger partial charge in [-0.25, -0.2) is 0 Å². The van der Waals surface area contributed by atoms with Crippen molar-refractivity contribution in [3.63, 3.8) is 0 Å². The molecule has 0 aromatic carbocycles. The van der Waals surface area contributed by atoms with Crippen molar-refractivity contribution in [1.82, 2.24) is 16.0 Å². The van der Waals surface area contributed by atoms with Crippen LogP contribution < -0.4 is 16.0 Å². The Morgan fingerprint density at radius 2 is 0.930 bits per heavy atom. The molecule has 248 valence electrons. The highest BCUT2D eigenvalue weighted by Crippen LogP contribution is 2.32. The number of hydrogen-bond donors (Lipinski definition) is 11. The number of rotatable bonds is 10. The molecule has 0 radical (unpaired) electrons. The first kappa shape index (κ1) is 35.4. The van der Waals surface area contributed by atoms with E-state index in [1.165, 1.54) is 0 Å². The highest BCUT2D eigenvalue weighted by Gasteiger charge is 2.54. The lowest BCUT2D eigenvalue weighted by molar-refractivity contribution is -0.351. The Balaban J connectivity index is 1.89. The van der Waals surface area contributed by atoms with Crippen molar-refractivity contribution in [2.75, 3.05) is 19.8 Å². The molecule has 15 atom stereocenters. The summed E-state index contributed by atoms with van der Waals surface area (Å²) >= 11 is 0. The van der Waals surface area contributed by atoms with E-state index in [1.54, 1.807) is 0 Å². The van der Waals surface area contributed by atoms with Crippen molar-refractivity contribution < 1.29 is 78.9 Å². The van der Waals surface area contributed by atoms with Crippen molar-refractivity contribution in [1.29, 1.82) is 0 Å². The van der Waals surface area contributed by atoms with Crippen LogP contribution in [0.5, 0.6) is 0 Å². The number of nitrogens with one attached hydrogen (secondary N) is 3. The number of carbonyl (C=O) groups excluding carboxylic acids is 3. The van der Waals surface area contributed by atoms with Crippen LogP contribution in [0.1, 0.15) is 20.8 Å². The molecular weight excluding hydrogens is 586 g/mol. The summed E-state index contributed by atoms with van der Waals surface area (Å²) in [5.41, 5.74) is 0. The summed E-state index contributed by atoms with van der Waals surface area (Å²) in [4.78, 5) is 35.5. The van der Waals surface area contributed by atoms with Crippen LogP contribution in [0.15, 0.2) is 0 Å². The lowest BCUT2D eigenvalue weighted by Crippen LogP contribution is -2.71. The molecule has 0 unspecified atom stereocenters. The van der Waals surface area contributed by atoms with Crippen molar-refractivity contribution in [2.24, 2.45) is 0 Å². The predicted molar refractivity (Wildman–Crippen MR) is 136 cm³/mol. The minimum atomic E-state index is -1.77. The van der Waals surface area contributed by atoms with E-state index in [4.69, 9.17) is 23.7 Å². The van der Waals surface area contributed by atoms with Crippen LogP contribution in [0.3, 0.4) is 0 Å². The Morgan fingerprint density at radius 3 is 1.37 bits per heavy atom. The van der Waals surface area contributed by atoms with Gasteiger partial charge < -0.3 is 80.5 Å². The zero-order valence-corrected chi connectivity index (χ0v) is 23.6. The highest BCUT2D eigenvalue weighted by molar-refractivity contribution is 5.74. The van der Waals surface area contributed by atoms with Gasteiger partial charge in [-0.2, -0.15) is 0 Å². The Labute approximate surface area is 245 Å². The van der Waals surface area contributed by atoms with Crippen LogP contribution >= 0.6 is 0 Å². The smallest absolute Gasteiger partial charge is 0.217 e. The van der Waals surface area contributed by atoms with Gasteiger partial charge in [-0.3, -0.25) is 14.4 Å². The van der Waals surface area contributed by atoms with Crippen molar-refractivity contribution in [2.45, 2.75) is 113 Å². The maximum atomic E-state index is 12.1. The number of hydrogen-bond acceptors (Lipinski definition) is 16. The van der Waals surface area contributed by atoms with E-state index in [-0.39, 0.29) is 0 Å². The number of aliphatic hydroxyl groups is 8. The molecule has 3 fully saturated rings. The van der Waals surface area contributed by atoms with E-state index in [0.29, 0.717) is 0 Å². The largest absolute Gasteiger partial charge is 0.394 e. The fourth-order valence-electron chi connectivity index (χ4n) is 5.28. The zero-order valence-electron chi connectivity index (χ0n) is 23.6. The minimum Gasteiger partial charge on any atom is -0.394 e. The third kappa shape index (κ3) is 8.14. The third-order valence-corrected chi connectivity index (χ3v) is 7.30. The van der Waals surface area contributed by atoms with Crippen LogP contribution in [0.2, 0.25) is 0 Å². The van der Waals surface area contributed by atoms with Crippen LogP contribution in [0, 0.1) is 0 Å². The molecule has 3 saturated heterocycles. The summed E-state index contributed by atoms with van der Waals surface area (Å²) in [5, 5.41) is 90.0. The highest BCUT2D eigenvalue weighted by atomic mass is 16.7. The summed E-state index contributed by atoms with van der Waals surface area (Å²) in [7, 11) is 0. The normalized spacial score (nSPS) is 43.5. The van der Waals surface area contributed by atoms with Gasteiger partial charge >= 0.3 is 0 Å². The lowest BCUT2D eigenvalue weighted by Gasteiger charge is -2.49. The molecule has 3 heterocycles. The number of amides is 3. The van der Waals surface area contributed by atoms with E-state index in [0.717, 1.165) is 20.8 Å². The molecule has 3 amide bonds. The number of carbonyl (C=O) groups is 3. The molecule has 11 N–H and O–H groups in total. The molecule has 3 rings (SSSR count).